The molecule has 0 aliphatic carbocycles. The Kier molecular flexibility index (Phi) is 23.4. The molecule has 0 atom stereocenters. The zero-order chi connectivity index (χ0) is 14.5. The van der Waals surface area contributed by atoms with Crippen molar-refractivity contribution in [3.05, 3.63) is 91.0 Å². The first-order valence-corrected chi connectivity index (χ1v) is 9.40. The minimum atomic E-state index is -1.53. The van der Waals surface area contributed by atoms with Gasteiger partial charge in [0.1, 0.15) is 23.2 Å². The molecule has 3 rings (SSSR count). The van der Waals surface area contributed by atoms with Crippen molar-refractivity contribution in [1.29, 1.82) is 0 Å². The molecule has 0 aliphatic heterocycles. The van der Waals surface area contributed by atoms with Crippen LogP contribution >= 0.6 is 7.26 Å². The quantitative estimate of drug-likeness (QED) is 0.180. The van der Waals surface area contributed by atoms with Gasteiger partial charge < -0.3 is 28.2 Å². The molecule has 3 aromatic carbocycles. The molecule has 0 spiro atoms. The summed E-state index contributed by atoms with van der Waals surface area (Å²) in [5.74, 6) is 0. The summed E-state index contributed by atoms with van der Waals surface area (Å²) in [6.07, 6.45) is 1.14. The maximum atomic E-state index is 2.32. The Morgan fingerprint density at radius 2 is 0.679 bits per heavy atom. The van der Waals surface area contributed by atoms with Gasteiger partial charge in [-0.25, -0.2) is 0 Å². The monoisotopic (exact) mass is 526 g/mol. The summed E-state index contributed by atoms with van der Waals surface area (Å²) in [6.45, 7) is 2.32. The van der Waals surface area contributed by atoms with Crippen LogP contribution in [0, 0.1) is 0 Å². The van der Waals surface area contributed by atoms with Gasteiger partial charge in [-0.2, -0.15) is 0 Å². The molecule has 0 heterocycles. The van der Waals surface area contributed by atoms with Gasteiger partial charge >= 0.3 is 24.4 Å². The summed E-state index contributed by atoms with van der Waals surface area (Å²) in [5, 5.41) is 4.39. The van der Waals surface area contributed by atoms with Crippen molar-refractivity contribution in [2.24, 2.45) is 0 Å². The van der Waals surface area contributed by atoms with Gasteiger partial charge in [0.2, 0.25) is 0 Å². The van der Waals surface area contributed by atoms with E-state index >= 15 is 0 Å². The molecule has 0 aromatic heterocycles. The smallest absolute Gasteiger partial charge is 1.00 e. The van der Waals surface area contributed by atoms with Crippen molar-refractivity contribution in [2.75, 3.05) is 6.16 Å². The molecule has 154 valence electrons. The Hall–Kier alpha value is -1.51. The van der Waals surface area contributed by atoms with Gasteiger partial charge in [0.25, 0.3) is 0 Å². The number of halogens is 6. The molecule has 0 saturated heterocycles. The Morgan fingerprint density at radius 3 is 0.857 bits per heavy atom. The molecule has 0 N–H and O–H groups in total. The molecule has 8 heteroatoms. The van der Waals surface area contributed by atoms with Gasteiger partial charge in [0.15, 0.2) is 0 Å². The van der Waals surface area contributed by atoms with Crippen molar-refractivity contribution < 1.29 is 28.2 Å². The van der Waals surface area contributed by atoms with Gasteiger partial charge in [-0.3, -0.25) is 0 Å². The summed E-state index contributed by atoms with van der Waals surface area (Å²) in [5.41, 5.74) is 0. The van der Waals surface area contributed by atoms with Crippen molar-refractivity contribution in [3.63, 3.8) is 0 Å². The minimum Gasteiger partial charge on any atom is -1.00 e. The summed E-state index contributed by atoms with van der Waals surface area (Å²) in [7, 11) is -1.53. The predicted octanol–water partition coefficient (Wildman–Crippen LogP) is -14.4. The van der Waals surface area contributed by atoms with E-state index in [9.17, 15) is 0 Å². The molecule has 0 nitrogen and oxygen atoms in total. The average molecular weight is 527 g/mol. The summed E-state index contributed by atoms with van der Waals surface area (Å²) in [6, 6.07) is 33.0. The van der Waals surface area contributed by atoms with E-state index in [1.807, 2.05) is 0 Å². The van der Waals surface area contributed by atoms with Crippen molar-refractivity contribution >= 4 is 47.6 Å². The molecule has 0 saturated carbocycles. The maximum absolute atomic E-state index is 2.32. The van der Waals surface area contributed by atoms with Crippen LogP contribution in [0.25, 0.3) is 0 Å². The molecular formula is C20H20F6PSb-2. The van der Waals surface area contributed by atoms with Crippen molar-refractivity contribution in [1.82, 2.24) is 0 Å². The van der Waals surface area contributed by atoms with Crippen molar-refractivity contribution in [2.45, 2.75) is 6.92 Å². The SMILES string of the molecule is CC[P+](c1ccccc1)(c1ccccc1)c1ccccc1.[F-].[F-].[F-].[F-].[F-].[F-].[Sb+3]. The molecule has 0 amide bonds. The Bertz CT molecular complexity index is 605. The zero-order valence-corrected chi connectivity index (χ0v) is 18.5. The topological polar surface area (TPSA) is 0 Å². The second-order valence-electron chi connectivity index (χ2n) is 5.13. The molecule has 0 fully saturated rings. The van der Waals surface area contributed by atoms with Crippen LogP contribution in [-0.4, -0.2) is 30.6 Å². The first-order chi connectivity index (χ1) is 10.4. The van der Waals surface area contributed by atoms with Crippen LogP contribution in [0.3, 0.4) is 0 Å². The third-order valence-corrected chi connectivity index (χ3v) is 8.55. The van der Waals surface area contributed by atoms with E-state index in [2.05, 4.69) is 97.9 Å². The van der Waals surface area contributed by atoms with Crippen LogP contribution < -0.4 is 44.1 Å². The number of rotatable bonds is 4. The van der Waals surface area contributed by atoms with Gasteiger partial charge in [-0.1, -0.05) is 54.6 Å². The van der Waals surface area contributed by atoms with E-state index in [4.69, 9.17) is 0 Å². The van der Waals surface area contributed by atoms with Crippen LogP contribution in [0.2, 0.25) is 0 Å². The van der Waals surface area contributed by atoms with Gasteiger partial charge in [0.05, 0.1) is 6.16 Å². The van der Waals surface area contributed by atoms with Crippen LogP contribution in [-0.2, 0) is 0 Å². The summed E-state index contributed by atoms with van der Waals surface area (Å²) >= 11 is 0. The standard InChI is InChI=1S/C20H20P.6FH.Sb/c1-2-21(18-12-6-3-7-13-18,19-14-8-4-9-15-19)20-16-10-5-11-17-20;;;;;;;/h3-17H,2H2,1H3;6*1H;/q+1;;;;;;;+3/p-6. The van der Waals surface area contributed by atoms with E-state index < -0.39 is 7.26 Å². The third kappa shape index (κ3) is 7.14. The fraction of sp³-hybridized carbons (Fsp3) is 0.100. The Labute approximate surface area is 179 Å². The largest absolute Gasteiger partial charge is 3.00 e. The van der Waals surface area contributed by atoms with Gasteiger partial charge in [0, 0.05) is 0 Å². The van der Waals surface area contributed by atoms with Crippen LogP contribution in [0.15, 0.2) is 91.0 Å². The molecular weight excluding hydrogens is 507 g/mol. The molecule has 0 unspecified atom stereocenters. The third-order valence-electron chi connectivity index (χ3n) is 4.07. The fourth-order valence-electron chi connectivity index (χ4n) is 3.04. The summed E-state index contributed by atoms with van der Waals surface area (Å²) in [4.78, 5) is 0. The van der Waals surface area contributed by atoms with E-state index in [1.165, 1.54) is 15.9 Å². The van der Waals surface area contributed by atoms with Crippen molar-refractivity contribution in [3.8, 4) is 0 Å². The van der Waals surface area contributed by atoms with Crippen LogP contribution in [0.4, 0.5) is 0 Å². The van der Waals surface area contributed by atoms with Crippen LogP contribution in [0.5, 0.6) is 0 Å². The first-order valence-electron chi connectivity index (χ1n) is 7.43. The first kappa shape index (κ1) is 37.3. The number of hydrogen-bond acceptors (Lipinski definition) is 0. The Balaban J connectivity index is -0.000000252. The number of benzene rings is 3. The maximum Gasteiger partial charge on any atom is 3.00 e. The van der Waals surface area contributed by atoms with Gasteiger partial charge in [-0.05, 0) is 43.3 Å². The molecule has 0 bridgehead atoms. The minimum absolute atomic E-state index is 0. The average Bonchev–Trinajstić information content (AvgIpc) is 2.59. The van der Waals surface area contributed by atoms with E-state index in [-0.39, 0.29) is 52.7 Å². The van der Waals surface area contributed by atoms with E-state index in [1.54, 1.807) is 0 Å². The predicted molar refractivity (Wildman–Crippen MR) is 101 cm³/mol. The molecule has 2 radical (unpaired) electrons. The molecule has 3 aromatic rings. The van der Waals surface area contributed by atoms with Crippen LogP contribution in [0.1, 0.15) is 6.92 Å². The molecule has 0 aliphatic rings. The number of hydrogen-bond donors (Lipinski definition) is 0. The fourth-order valence-corrected chi connectivity index (χ4v) is 7.08. The van der Waals surface area contributed by atoms with E-state index in [0.717, 1.165) is 6.16 Å². The second kappa shape index (κ2) is 17.6. The molecule has 28 heavy (non-hydrogen) atoms. The zero-order valence-electron chi connectivity index (χ0n) is 15.0. The second-order valence-corrected chi connectivity index (χ2v) is 8.93. The normalized spacial score (nSPS) is 8.46. The Morgan fingerprint density at radius 1 is 0.464 bits per heavy atom. The van der Waals surface area contributed by atoms with Gasteiger partial charge in [-0.15, -0.1) is 0 Å². The van der Waals surface area contributed by atoms with E-state index in [0.29, 0.717) is 0 Å². The summed E-state index contributed by atoms with van der Waals surface area (Å²) < 4.78 is 0.